The zero-order valence-electron chi connectivity index (χ0n) is 15.0. The normalized spacial score (nSPS) is 10.4. The number of hydrogen-bond donors (Lipinski definition) is 2. The highest BCUT2D eigenvalue weighted by molar-refractivity contribution is 5.96. The van der Waals surface area contributed by atoms with Gasteiger partial charge in [-0.2, -0.15) is 0 Å². The number of nitrogens with one attached hydrogen (secondary N) is 2. The van der Waals surface area contributed by atoms with E-state index in [0.717, 1.165) is 10.8 Å². The standard InChI is InChI=1S/C22H18N4O2/c27-21(15-25-22-20-7-2-1-4-16(20)8-13-24-22)26-17-5-3-6-19(14-17)28-18-9-11-23-12-10-18/h1-14H,15H2,(H,24,25)(H,26,27). The number of fused-ring (bicyclic) bond motifs is 1. The Morgan fingerprint density at radius 2 is 1.75 bits per heavy atom. The molecule has 6 nitrogen and oxygen atoms in total. The molecule has 2 N–H and O–H groups in total. The van der Waals surface area contributed by atoms with Crippen molar-refractivity contribution in [3.05, 3.63) is 85.3 Å². The van der Waals surface area contributed by atoms with Gasteiger partial charge in [0.15, 0.2) is 0 Å². The molecule has 4 aromatic rings. The molecular weight excluding hydrogens is 352 g/mol. The summed E-state index contributed by atoms with van der Waals surface area (Å²) < 4.78 is 5.76. The Bertz CT molecular complexity index is 1090. The number of ether oxygens (including phenoxy) is 1. The minimum Gasteiger partial charge on any atom is -0.457 e. The highest BCUT2D eigenvalue weighted by Gasteiger charge is 2.07. The van der Waals surface area contributed by atoms with Crippen molar-refractivity contribution in [1.29, 1.82) is 0 Å². The maximum Gasteiger partial charge on any atom is 0.243 e. The van der Waals surface area contributed by atoms with E-state index in [1.54, 1.807) is 36.8 Å². The van der Waals surface area contributed by atoms with Gasteiger partial charge in [-0.1, -0.05) is 30.3 Å². The third kappa shape index (κ3) is 4.24. The molecule has 0 aliphatic heterocycles. The quantitative estimate of drug-likeness (QED) is 0.524. The van der Waals surface area contributed by atoms with Crippen LogP contribution in [0, 0.1) is 0 Å². The minimum absolute atomic E-state index is 0.108. The summed E-state index contributed by atoms with van der Waals surface area (Å²) in [5, 5.41) is 8.01. The van der Waals surface area contributed by atoms with Crippen molar-refractivity contribution in [3.63, 3.8) is 0 Å². The zero-order chi connectivity index (χ0) is 19.2. The Morgan fingerprint density at radius 1 is 0.893 bits per heavy atom. The van der Waals surface area contributed by atoms with Crippen molar-refractivity contribution >= 4 is 28.2 Å². The van der Waals surface area contributed by atoms with Crippen LogP contribution in [0.15, 0.2) is 85.3 Å². The molecule has 28 heavy (non-hydrogen) atoms. The number of hydrogen-bond acceptors (Lipinski definition) is 5. The number of nitrogens with zero attached hydrogens (tertiary/aromatic N) is 2. The fraction of sp³-hybridized carbons (Fsp3) is 0.0455. The van der Waals surface area contributed by atoms with Crippen LogP contribution in [0.4, 0.5) is 11.5 Å². The Morgan fingerprint density at radius 3 is 2.64 bits per heavy atom. The molecule has 0 bridgehead atoms. The molecule has 0 aliphatic carbocycles. The van der Waals surface area contributed by atoms with E-state index in [4.69, 9.17) is 4.74 Å². The third-order valence-corrected chi connectivity index (χ3v) is 4.09. The smallest absolute Gasteiger partial charge is 0.243 e. The van der Waals surface area contributed by atoms with Crippen molar-refractivity contribution in [2.24, 2.45) is 0 Å². The molecule has 0 atom stereocenters. The second-order valence-electron chi connectivity index (χ2n) is 6.10. The van der Waals surface area contributed by atoms with Crippen LogP contribution in [0.1, 0.15) is 0 Å². The number of carbonyl (C=O) groups is 1. The van der Waals surface area contributed by atoms with Gasteiger partial charge in [-0.3, -0.25) is 9.78 Å². The van der Waals surface area contributed by atoms with Crippen LogP contribution < -0.4 is 15.4 Å². The maximum atomic E-state index is 12.3. The van der Waals surface area contributed by atoms with Gasteiger partial charge in [0, 0.05) is 35.7 Å². The zero-order valence-corrected chi connectivity index (χ0v) is 15.0. The molecule has 0 unspecified atom stereocenters. The van der Waals surface area contributed by atoms with E-state index in [0.29, 0.717) is 23.0 Å². The first-order valence-corrected chi connectivity index (χ1v) is 8.83. The molecule has 0 aliphatic rings. The first-order valence-electron chi connectivity index (χ1n) is 8.83. The largest absolute Gasteiger partial charge is 0.457 e. The molecule has 0 spiro atoms. The summed E-state index contributed by atoms with van der Waals surface area (Å²) in [5.74, 6) is 1.83. The van der Waals surface area contributed by atoms with Gasteiger partial charge in [0.05, 0.1) is 6.54 Å². The number of benzene rings is 2. The number of carbonyl (C=O) groups excluding carboxylic acids is 1. The average molecular weight is 370 g/mol. The lowest BCUT2D eigenvalue weighted by Crippen LogP contribution is -2.22. The molecular formula is C22H18N4O2. The summed E-state index contributed by atoms with van der Waals surface area (Å²) >= 11 is 0. The Kier molecular flexibility index (Phi) is 5.11. The van der Waals surface area contributed by atoms with Crippen molar-refractivity contribution in [2.75, 3.05) is 17.2 Å². The summed E-state index contributed by atoms with van der Waals surface area (Å²) in [4.78, 5) is 20.6. The molecule has 6 heteroatoms. The second kappa shape index (κ2) is 8.18. The van der Waals surface area contributed by atoms with E-state index in [-0.39, 0.29) is 12.5 Å². The fourth-order valence-electron chi connectivity index (χ4n) is 2.81. The highest BCUT2D eigenvalue weighted by Crippen LogP contribution is 2.24. The van der Waals surface area contributed by atoms with Crippen molar-refractivity contribution in [2.45, 2.75) is 0 Å². The van der Waals surface area contributed by atoms with Gasteiger partial charge in [0.2, 0.25) is 5.91 Å². The summed E-state index contributed by atoms with van der Waals surface area (Å²) in [6.45, 7) is 0.108. The van der Waals surface area contributed by atoms with E-state index in [2.05, 4.69) is 20.6 Å². The number of rotatable bonds is 6. The van der Waals surface area contributed by atoms with E-state index in [1.165, 1.54) is 0 Å². The van der Waals surface area contributed by atoms with Crippen LogP contribution in [0.5, 0.6) is 11.5 Å². The molecule has 0 saturated carbocycles. The predicted molar refractivity (Wildman–Crippen MR) is 110 cm³/mol. The molecule has 1 amide bonds. The lowest BCUT2D eigenvalue weighted by atomic mass is 10.1. The molecule has 2 heterocycles. The van der Waals surface area contributed by atoms with Crippen LogP contribution in [-0.4, -0.2) is 22.4 Å². The van der Waals surface area contributed by atoms with Gasteiger partial charge in [-0.25, -0.2) is 4.98 Å². The van der Waals surface area contributed by atoms with Crippen LogP contribution in [0.2, 0.25) is 0 Å². The van der Waals surface area contributed by atoms with Crippen LogP contribution in [0.3, 0.4) is 0 Å². The van der Waals surface area contributed by atoms with Gasteiger partial charge in [-0.15, -0.1) is 0 Å². The van der Waals surface area contributed by atoms with Crippen molar-refractivity contribution in [1.82, 2.24) is 9.97 Å². The first-order chi connectivity index (χ1) is 13.8. The molecule has 4 rings (SSSR count). The first kappa shape index (κ1) is 17.5. The Hall–Kier alpha value is -3.93. The van der Waals surface area contributed by atoms with Crippen LogP contribution in [-0.2, 0) is 4.79 Å². The summed E-state index contributed by atoms with van der Waals surface area (Å²) in [5.41, 5.74) is 0.657. The summed E-state index contributed by atoms with van der Waals surface area (Å²) in [7, 11) is 0. The number of aromatic nitrogens is 2. The lowest BCUT2D eigenvalue weighted by Gasteiger charge is -2.11. The maximum absolute atomic E-state index is 12.3. The topological polar surface area (TPSA) is 76.1 Å². The van der Waals surface area contributed by atoms with Crippen molar-refractivity contribution in [3.8, 4) is 11.5 Å². The van der Waals surface area contributed by atoms with Gasteiger partial charge >= 0.3 is 0 Å². The molecule has 138 valence electrons. The fourth-order valence-corrected chi connectivity index (χ4v) is 2.81. The molecule has 2 aromatic carbocycles. The molecule has 0 fully saturated rings. The van der Waals surface area contributed by atoms with E-state index >= 15 is 0 Å². The predicted octanol–water partition coefficient (Wildman–Crippen LogP) is 4.47. The summed E-state index contributed by atoms with van der Waals surface area (Å²) in [6.07, 6.45) is 5.05. The van der Waals surface area contributed by atoms with Gasteiger partial charge in [0.25, 0.3) is 0 Å². The molecule has 2 aromatic heterocycles. The number of anilines is 2. The van der Waals surface area contributed by atoms with Crippen LogP contribution in [0.25, 0.3) is 10.8 Å². The second-order valence-corrected chi connectivity index (χ2v) is 6.10. The monoisotopic (exact) mass is 370 g/mol. The third-order valence-electron chi connectivity index (χ3n) is 4.09. The average Bonchev–Trinajstić information content (AvgIpc) is 2.73. The molecule has 0 radical (unpaired) electrons. The van der Waals surface area contributed by atoms with Gasteiger partial charge in [-0.05, 0) is 35.7 Å². The van der Waals surface area contributed by atoms with Gasteiger partial charge in [0.1, 0.15) is 17.3 Å². The lowest BCUT2D eigenvalue weighted by molar-refractivity contribution is -0.114. The molecule has 0 saturated heterocycles. The van der Waals surface area contributed by atoms with Crippen molar-refractivity contribution < 1.29 is 9.53 Å². The Balaban J connectivity index is 1.39. The SMILES string of the molecule is O=C(CNc1nccc2ccccc12)Nc1cccc(Oc2ccncc2)c1. The minimum atomic E-state index is -0.171. The van der Waals surface area contributed by atoms with E-state index in [9.17, 15) is 4.79 Å². The highest BCUT2D eigenvalue weighted by atomic mass is 16.5. The van der Waals surface area contributed by atoms with Gasteiger partial charge < -0.3 is 15.4 Å². The van der Waals surface area contributed by atoms with E-state index < -0.39 is 0 Å². The number of amides is 1. The Labute approximate surface area is 162 Å². The summed E-state index contributed by atoms with van der Waals surface area (Å²) in [6, 6.07) is 20.6. The van der Waals surface area contributed by atoms with E-state index in [1.807, 2.05) is 48.5 Å². The van der Waals surface area contributed by atoms with Crippen LogP contribution >= 0.6 is 0 Å². The number of pyridine rings is 2.